The Hall–Kier alpha value is -2.56. The molecule has 27 heavy (non-hydrogen) atoms. The van der Waals surface area contributed by atoms with Crippen molar-refractivity contribution < 1.29 is 9.59 Å². The number of amides is 3. The molecule has 0 fully saturated rings. The average Bonchev–Trinajstić information content (AvgIpc) is 2.93. The summed E-state index contributed by atoms with van der Waals surface area (Å²) in [6, 6.07) is 7.62. The summed E-state index contributed by atoms with van der Waals surface area (Å²) in [7, 11) is 0. The van der Waals surface area contributed by atoms with Gasteiger partial charge in [0.15, 0.2) is 0 Å². The number of carbonyl (C=O) groups excluding carboxylic acids is 2. The third kappa shape index (κ3) is 3.64. The van der Waals surface area contributed by atoms with Crippen molar-refractivity contribution in [2.75, 3.05) is 19.6 Å². The summed E-state index contributed by atoms with van der Waals surface area (Å²) in [6.45, 7) is 13.8. The van der Waals surface area contributed by atoms with E-state index >= 15 is 0 Å². The van der Waals surface area contributed by atoms with Crippen LogP contribution in [0.5, 0.6) is 0 Å². The molecule has 1 unspecified atom stereocenters. The Morgan fingerprint density at radius 1 is 1.19 bits per heavy atom. The number of nitrogens with zero attached hydrogens (tertiary/aromatic N) is 2. The third-order valence-corrected chi connectivity index (χ3v) is 5.13. The predicted molar refractivity (Wildman–Crippen MR) is 107 cm³/mol. The summed E-state index contributed by atoms with van der Waals surface area (Å²) in [6.07, 6.45) is 1.69. The Morgan fingerprint density at radius 3 is 2.41 bits per heavy atom. The molecule has 2 aliphatic heterocycles. The van der Waals surface area contributed by atoms with E-state index in [1.807, 2.05) is 17.0 Å². The largest absolute Gasteiger partial charge is 0.333 e. The first kappa shape index (κ1) is 19.2. The Morgan fingerprint density at radius 2 is 1.85 bits per heavy atom. The molecular formula is C22H29N3O2. The average molecular weight is 367 g/mol. The second-order valence-corrected chi connectivity index (χ2v) is 8.04. The molecule has 1 aromatic carbocycles. The van der Waals surface area contributed by atoms with Crippen LogP contribution in [0.4, 0.5) is 4.79 Å². The van der Waals surface area contributed by atoms with Crippen LogP contribution in [0.25, 0.3) is 0 Å². The fourth-order valence-electron chi connectivity index (χ4n) is 3.78. The molecule has 3 rings (SSSR count). The summed E-state index contributed by atoms with van der Waals surface area (Å²) >= 11 is 0. The molecule has 2 aliphatic rings. The molecule has 0 radical (unpaired) electrons. The maximum Gasteiger partial charge on any atom is 0.322 e. The van der Waals surface area contributed by atoms with Crippen molar-refractivity contribution in [3.63, 3.8) is 0 Å². The second-order valence-electron chi connectivity index (χ2n) is 8.04. The molecule has 2 heterocycles. The van der Waals surface area contributed by atoms with Gasteiger partial charge in [0.2, 0.25) is 0 Å². The zero-order valence-corrected chi connectivity index (χ0v) is 16.7. The monoisotopic (exact) mass is 367 g/mol. The number of urea groups is 1. The van der Waals surface area contributed by atoms with Gasteiger partial charge in [-0.2, -0.15) is 0 Å². The van der Waals surface area contributed by atoms with Gasteiger partial charge in [-0.3, -0.25) is 9.69 Å². The minimum Gasteiger partial charge on any atom is -0.333 e. The van der Waals surface area contributed by atoms with Crippen LogP contribution >= 0.6 is 0 Å². The molecule has 0 bridgehead atoms. The van der Waals surface area contributed by atoms with Crippen molar-refractivity contribution in [3.05, 3.63) is 59.3 Å². The van der Waals surface area contributed by atoms with Crippen LogP contribution in [0.1, 0.15) is 50.8 Å². The van der Waals surface area contributed by atoms with Gasteiger partial charge in [-0.05, 0) is 23.0 Å². The first-order valence-corrected chi connectivity index (χ1v) is 9.64. The second kappa shape index (κ2) is 7.59. The number of rotatable bonds is 6. The van der Waals surface area contributed by atoms with E-state index in [-0.39, 0.29) is 11.9 Å². The van der Waals surface area contributed by atoms with E-state index in [2.05, 4.69) is 51.7 Å². The van der Waals surface area contributed by atoms with Gasteiger partial charge < -0.3 is 10.2 Å². The minimum absolute atomic E-state index is 0.0192. The lowest BCUT2D eigenvalue weighted by Gasteiger charge is -2.33. The molecule has 0 spiro atoms. The highest BCUT2D eigenvalue weighted by Crippen LogP contribution is 2.36. The molecule has 5 nitrogen and oxygen atoms in total. The molecule has 144 valence electrons. The van der Waals surface area contributed by atoms with E-state index in [0.29, 0.717) is 37.0 Å². The van der Waals surface area contributed by atoms with Crippen molar-refractivity contribution in [1.29, 1.82) is 0 Å². The summed E-state index contributed by atoms with van der Waals surface area (Å²) in [5.74, 6) is 0.828. The fourth-order valence-corrected chi connectivity index (χ4v) is 3.78. The highest BCUT2D eigenvalue weighted by atomic mass is 16.2. The summed E-state index contributed by atoms with van der Waals surface area (Å²) in [4.78, 5) is 29.4. The van der Waals surface area contributed by atoms with Crippen molar-refractivity contribution in [2.24, 2.45) is 5.92 Å². The van der Waals surface area contributed by atoms with E-state index in [1.54, 1.807) is 11.0 Å². The lowest BCUT2D eigenvalue weighted by atomic mass is 9.93. The molecule has 1 aromatic rings. The van der Waals surface area contributed by atoms with Gasteiger partial charge in [-0.15, -0.1) is 6.58 Å². The highest BCUT2D eigenvalue weighted by Gasteiger charge is 2.43. The lowest BCUT2D eigenvalue weighted by molar-refractivity contribution is -0.126. The smallest absolute Gasteiger partial charge is 0.322 e. The number of carbonyl (C=O) groups is 2. The predicted octanol–water partition coefficient (Wildman–Crippen LogP) is 3.81. The van der Waals surface area contributed by atoms with Crippen LogP contribution in [-0.2, 0) is 4.79 Å². The van der Waals surface area contributed by atoms with Crippen LogP contribution in [0.3, 0.4) is 0 Å². The Kier molecular flexibility index (Phi) is 5.40. The Bertz CT molecular complexity index is 777. The molecule has 5 heteroatoms. The number of hydrogen-bond acceptors (Lipinski definition) is 2. The van der Waals surface area contributed by atoms with Gasteiger partial charge in [0.25, 0.3) is 5.91 Å². The zero-order valence-electron chi connectivity index (χ0n) is 16.7. The molecule has 1 atom stereocenters. The molecule has 0 aliphatic carbocycles. The molecule has 0 aromatic heterocycles. The van der Waals surface area contributed by atoms with E-state index in [1.165, 1.54) is 5.56 Å². The van der Waals surface area contributed by atoms with Crippen molar-refractivity contribution in [1.82, 2.24) is 15.1 Å². The maximum atomic E-state index is 13.2. The minimum atomic E-state index is -0.403. The van der Waals surface area contributed by atoms with Crippen molar-refractivity contribution in [2.45, 2.75) is 39.7 Å². The quantitative estimate of drug-likeness (QED) is 0.777. The topological polar surface area (TPSA) is 52.7 Å². The van der Waals surface area contributed by atoms with Crippen LogP contribution in [0.15, 0.2) is 48.2 Å². The standard InChI is InChI=1S/C22H29N3O2/c1-6-11-25-18-13-24(12-14(2)3)21(26)19(18)20(23-22(25)27)17-9-7-16(8-10-17)15(4)5/h6-10,14-15,20H,1,11-13H2,2-5H3,(H,23,27). The van der Waals surface area contributed by atoms with Crippen molar-refractivity contribution in [3.8, 4) is 0 Å². The van der Waals surface area contributed by atoms with E-state index in [9.17, 15) is 9.59 Å². The van der Waals surface area contributed by atoms with Crippen LogP contribution in [0, 0.1) is 5.92 Å². The first-order chi connectivity index (χ1) is 12.8. The summed E-state index contributed by atoms with van der Waals surface area (Å²) in [5.41, 5.74) is 3.68. The van der Waals surface area contributed by atoms with Gasteiger partial charge in [-0.25, -0.2) is 4.79 Å². The van der Waals surface area contributed by atoms with Crippen LogP contribution < -0.4 is 5.32 Å². The zero-order chi connectivity index (χ0) is 19.7. The van der Waals surface area contributed by atoms with Crippen LogP contribution in [-0.4, -0.2) is 41.4 Å². The van der Waals surface area contributed by atoms with Gasteiger partial charge in [-0.1, -0.05) is 58.0 Å². The molecular weight excluding hydrogens is 338 g/mol. The third-order valence-electron chi connectivity index (χ3n) is 5.13. The number of hydrogen-bond donors (Lipinski definition) is 1. The van der Waals surface area contributed by atoms with Gasteiger partial charge in [0.1, 0.15) is 0 Å². The SMILES string of the molecule is C=CCN1C(=O)NC(c2ccc(C(C)C)cc2)C2=C1CN(CC(C)C)C2=O. The number of benzene rings is 1. The first-order valence-electron chi connectivity index (χ1n) is 9.64. The van der Waals surface area contributed by atoms with Crippen molar-refractivity contribution >= 4 is 11.9 Å². The molecule has 3 amide bonds. The molecule has 1 N–H and O–H groups in total. The maximum absolute atomic E-state index is 13.2. The highest BCUT2D eigenvalue weighted by molar-refractivity contribution is 6.01. The van der Waals surface area contributed by atoms with Crippen LogP contribution in [0.2, 0.25) is 0 Å². The normalized spacial score (nSPS) is 19.9. The Balaban J connectivity index is 2.00. The van der Waals surface area contributed by atoms with Gasteiger partial charge in [0, 0.05) is 13.1 Å². The molecule has 0 saturated carbocycles. The lowest BCUT2D eigenvalue weighted by Crippen LogP contribution is -2.47. The number of nitrogens with one attached hydrogen (secondary N) is 1. The molecule has 0 saturated heterocycles. The summed E-state index contributed by atoms with van der Waals surface area (Å²) in [5, 5.41) is 3.03. The fraction of sp³-hybridized carbons (Fsp3) is 0.455. The van der Waals surface area contributed by atoms with E-state index in [0.717, 1.165) is 11.3 Å². The van der Waals surface area contributed by atoms with E-state index in [4.69, 9.17) is 0 Å². The summed E-state index contributed by atoms with van der Waals surface area (Å²) < 4.78 is 0. The van der Waals surface area contributed by atoms with E-state index < -0.39 is 6.04 Å². The van der Waals surface area contributed by atoms with Gasteiger partial charge >= 0.3 is 6.03 Å². The van der Waals surface area contributed by atoms with Gasteiger partial charge in [0.05, 0.1) is 23.9 Å². The Labute approximate surface area is 161 Å².